The summed E-state index contributed by atoms with van der Waals surface area (Å²) in [6.45, 7) is 0. The van der Waals surface area contributed by atoms with Gasteiger partial charge >= 0.3 is 0 Å². The Morgan fingerprint density at radius 1 is 0.315 bits per heavy atom. The van der Waals surface area contributed by atoms with Gasteiger partial charge in [0.15, 0.2) is 0 Å². The molecule has 0 spiro atoms. The average molecular weight is 690 g/mol. The Kier molecular flexibility index (Phi) is 7.85. The lowest BCUT2D eigenvalue weighted by Crippen LogP contribution is -2.11. The van der Waals surface area contributed by atoms with Gasteiger partial charge in [0.25, 0.3) is 0 Å². The minimum absolute atomic E-state index is 0.867. The fourth-order valence-electron chi connectivity index (χ4n) is 7.80. The number of para-hydroxylation sites is 1. The summed E-state index contributed by atoms with van der Waals surface area (Å²) in [4.78, 5) is 2.39. The third kappa shape index (κ3) is 5.71. The van der Waals surface area contributed by atoms with E-state index in [0.29, 0.717) is 0 Å². The maximum absolute atomic E-state index is 6.52. The monoisotopic (exact) mass is 689 g/mol. The number of furan rings is 1. The highest BCUT2D eigenvalue weighted by Gasteiger charge is 2.23. The summed E-state index contributed by atoms with van der Waals surface area (Å²) in [6.07, 6.45) is 0. The SMILES string of the molecule is c1ccc(-c2ccc(N(c3ccc(-c4ccc5ccccc5c4)cc3)c3ccc4oc5ccccc5c4c3-c3cccc(-c4ccccc4)c3)cc2)cc1. The molecule has 10 rings (SSSR count). The largest absolute Gasteiger partial charge is 0.456 e. The predicted molar refractivity (Wildman–Crippen MR) is 228 cm³/mol. The molecule has 1 aromatic heterocycles. The molecule has 0 aliphatic rings. The van der Waals surface area contributed by atoms with E-state index in [9.17, 15) is 0 Å². The van der Waals surface area contributed by atoms with Crippen LogP contribution in [0.2, 0.25) is 0 Å². The average Bonchev–Trinajstić information content (AvgIpc) is 3.63. The number of fused-ring (bicyclic) bond motifs is 4. The van der Waals surface area contributed by atoms with E-state index >= 15 is 0 Å². The minimum atomic E-state index is 0.867. The van der Waals surface area contributed by atoms with Gasteiger partial charge in [-0.1, -0.05) is 158 Å². The Labute approximate surface area is 314 Å². The lowest BCUT2D eigenvalue weighted by molar-refractivity contribution is 0.669. The number of benzene rings is 9. The van der Waals surface area contributed by atoms with Gasteiger partial charge in [0, 0.05) is 27.7 Å². The van der Waals surface area contributed by atoms with Gasteiger partial charge in [-0.15, -0.1) is 0 Å². The summed E-state index contributed by atoms with van der Waals surface area (Å²) < 4.78 is 6.52. The Bertz CT molecular complexity index is 2910. The molecule has 1 heterocycles. The Hall–Kier alpha value is -7.16. The van der Waals surface area contributed by atoms with Gasteiger partial charge in [-0.3, -0.25) is 0 Å². The highest BCUT2D eigenvalue weighted by Crippen LogP contribution is 2.48. The summed E-state index contributed by atoms with van der Waals surface area (Å²) in [5.74, 6) is 0. The highest BCUT2D eigenvalue weighted by molar-refractivity contribution is 6.16. The molecule has 0 amide bonds. The second-order valence-electron chi connectivity index (χ2n) is 13.7. The maximum atomic E-state index is 6.52. The van der Waals surface area contributed by atoms with Crippen molar-refractivity contribution in [2.45, 2.75) is 0 Å². The van der Waals surface area contributed by atoms with Crippen LogP contribution in [0.4, 0.5) is 17.1 Å². The molecular formula is C52H35NO. The van der Waals surface area contributed by atoms with Crippen molar-refractivity contribution in [2.75, 3.05) is 4.90 Å². The van der Waals surface area contributed by atoms with Crippen molar-refractivity contribution in [2.24, 2.45) is 0 Å². The van der Waals surface area contributed by atoms with E-state index in [1.54, 1.807) is 0 Å². The molecule has 0 fully saturated rings. The summed E-state index contributed by atoms with van der Waals surface area (Å²) in [7, 11) is 0. The van der Waals surface area contributed by atoms with E-state index < -0.39 is 0 Å². The second kappa shape index (κ2) is 13.4. The van der Waals surface area contributed by atoms with Crippen molar-refractivity contribution in [1.29, 1.82) is 0 Å². The van der Waals surface area contributed by atoms with Crippen molar-refractivity contribution >= 4 is 49.8 Å². The van der Waals surface area contributed by atoms with Crippen LogP contribution in [0.1, 0.15) is 0 Å². The van der Waals surface area contributed by atoms with E-state index in [2.05, 4.69) is 211 Å². The quantitative estimate of drug-likeness (QED) is 0.166. The molecule has 0 atom stereocenters. The molecule has 254 valence electrons. The zero-order valence-electron chi connectivity index (χ0n) is 29.6. The standard InChI is InChI=1S/C52H35NO/c1-3-12-36(13-4-1)39-24-28-45(29-25-39)53(46-30-26-40(27-31-46)43-23-22-38-16-7-8-17-41(38)34-43)48-32-33-50-52(47-20-9-10-21-49(47)54-50)51(48)44-19-11-18-42(35-44)37-14-5-2-6-15-37/h1-35H. The molecule has 0 saturated carbocycles. The molecule has 0 saturated heterocycles. The minimum Gasteiger partial charge on any atom is -0.456 e. The maximum Gasteiger partial charge on any atom is 0.136 e. The van der Waals surface area contributed by atoms with E-state index in [0.717, 1.165) is 50.1 Å². The lowest BCUT2D eigenvalue weighted by atomic mass is 9.93. The van der Waals surface area contributed by atoms with Crippen LogP contribution in [0.3, 0.4) is 0 Å². The van der Waals surface area contributed by atoms with Gasteiger partial charge in [-0.25, -0.2) is 0 Å². The van der Waals surface area contributed by atoms with Gasteiger partial charge < -0.3 is 9.32 Å². The van der Waals surface area contributed by atoms with Crippen LogP contribution in [0, 0.1) is 0 Å². The van der Waals surface area contributed by atoms with Crippen LogP contribution in [-0.2, 0) is 0 Å². The van der Waals surface area contributed by atoms with Gasteiger partial charge in [0.2, 0.25) is 0 Å². The number of hydrogen-bond acceptors (Lipinski definition) is 2. The predicted octanol–water partition coefficient (Wildman–Crippen LogP) is 14.9. The van der Waals surface area contributed by atoms with Crippen LogP contribution in [0.5, 0.6) is 0 Å². The number of nitrogens with zero attached hydrogens (tertiary/aromatic N) is 1. The molecule has 0 radical (unpaired) electrons. The van der Waals surface area contributed by atoms with Crippen LogP contribution >= 0.6 is 0 Å². The van der Waals surface area contributed by atoms with E-state index in [4.69, 9.17) is 4.42 Å². The highest BCUT2D eigenvalue weighted by atomic mass is 16.3. The van der Waals surface area contributed by atoms with E-state index in [1.807, 2.05) is 6.07 Å². The third-order valence-corrected chi connectivity index (χ3v) is 10.5. The molecule has 2 heteroatoms. The van der Waals surface area contributed by atoms with E-state index in [-0.39, 0.29) is 0 Å². The molecule has 10 aromatic rings. The lowest BCUT2D eigenvalue weighted by Gasteiger charge is -2.29. The first-order valence-electron chi connectivity index (χ1n) is 18.4. The zero-order valence-corrected chi connectivity index (χ0v) is 29.6. The molecule has 0 aliphatic heterocycles. The van der Waals surface area contributed by atoms with Gasteiger partial charge in [-0.2, -0.15) is 0 Å². The molecule has 2 nitrogen and oxygen atoms in total. The Morgan fingerprint density at radius 3 is 1.56 bits per heavy atom. The Morgan fingerprint density at radius 2 is 0.833 bits per heavy atom. The van der Waals surface area contributed by atoms with E-state index in [1.165, 1.54) is 44.2 Å². The molecule has 54 heavy (non-hydrogen) atoms. The second-order valence-corrected chi connectivity index (χ2v) is 13.7. The van der Waals surface area contributed by atoms with Crippen LogP contribution in [0.15, 0.2) is 217 Å². The molecule has 0 N–H and O–H groups in total. The smallest absolute Gasteiger partial charge is 0.136 e. The fourth-order valence-corrected chi connectivity index (χ4v) is 7.80. The first kappa shape index (κ1) is 31.6. The Balaban J connectivity index is 1.19. The molecule has 0 unspecified atom stereocenters. The summed E-state index contributed by atoms with van der Waals surface area (Å²) >= 11 is 0. The van der Waals surface area contributed by atoms with Gasteiger partial charge in [0.1, 0.15) is 11.2 Å². The summed E-state index contributed by atoms with van der Waals surface area (Å²) in [6, 6.07) is 75.9. The summed E-state index contributed by atoms with van der Waals surface area (Å²) in [5, 5.41) is 4.68. The first-order chi connectivity index (χ1) is 26.8. The third-order valence-electron chi connectivity index (χ3n) is 10.5. The van der Waals surface area contributed by atoms with Gasteiger partial charge in [0.05, 0.1) is 5.69 Å². The number of hydrogen-bond donors (Lipinski definition) is 0. The molecule has 0 aliphatic carbocycles. The van der Waals surface area contributed by atoms with Crippen LogP contribution < -0.4 is 4.90 Å². The number of rotatable bonds is 7. The summed E-state index contributed by atoms with van der Waals surface area (Å²) in [5.41, 5.74) is 14.3. The van der Waals surface area contributed by atoms with Crippen molar-refractivity contribution in [1.82, 2.24) is 0 Å². The zero-order chi connectivity index (χ0) is 35.8. The fraction of sp³-hybridized carbons (Fsp3) is 0. The number of anilines is 3. The normalized spacial score (nSPS) is 11.3. The van der Waals surface area contributed by atoms with Crippen molar-refractivity contribution in [3.8, 4) is 44.5 Å². The molecule has 9 aromatic carbocycles. The van der Waals surface area contributed by atoms with Crippen LogP contribution in [-0.4, -0.2) is 0 Å². The van der Waals surface area contributed by atoms with Crippen LogP contribution in [0.25, 0.3) is 77.2 Å². The topological polar surface area (TPSA) is 16.4 Å². The molecule has 0 bridgehead atoms. The molecular weight excluding hydrogens is 655 g/mol. The van der Waals surface area contributed by atoms with Gasteiger partial charge in [-0.05, 0) is 104 Å². The first-order valence-corrected chi connectivity index (χ1v) is 18.4. The van der Waals surface area contributed by atoms with Crippen molar-refractivity contribution in [3.63, 3.8) is 0 Å². The van der Waals surface area contributed by atoms with Crippen molar-refractivity contribution in [3.05, 3.63) is 212 Å². The van der Waals surface area contributed by atoms with Crippen molar-refractivity contribution < 1.29 is 4.42 Å².